The van der Waals surface area contributed by atoms with Gasteiger partial charge >= 0.3 is 5.97 Å². The van der Waals surface area contributed by atoms with Crippen molar-refractivity contribution in [3.63, 3.8) is 0 Å². The van der Waals surface area contributed by atoms with Crippen molar-refractivity contribution in [2.24, 2.45) is 0 Å². The molecule has 0 unspecified atom stereocenters. The molecular weight excluding hydrogens is 322 g/mol. The van der Waals surface area contributed by atoms with Crippen LogP contribution in [0.1, 0.15) is 0 Å². The van der Waals surface area contributed by atoms with E-state index < -0.39 is 5.97 Å². The summed E-state index contributed by atoms with van der Waals surface area (Å²) in [7, 11) is 1.34. The van der Waals surface area contributed by atoms with Crippen LogP contribution in [0.5, 0.6) is 11.5 Å². The quantitative estimate of drug-likeness (QED) is 0.719. The van der Waals surface area contributed by atoms with E-state index in [1.165, 1.54) is 17.7 Å². The molecular formula is C16H12ClNO5. The number of carboxylic acids is 1. The number of pyridine rings is 1. The minimum absolute atomic E-state index is 0.0609. The third-order valence-corrected chi connectivity index (χ3v) is 3.99. The Labute approximate surface area is 135 Å². The van der Waals surface area contributed by atoms with Gasteiger partial charge in [-0.15, -0.1) is 0 Å². The van der Waals surface area contributed by atoms with E-state index in [4.69, 9.17) is 16.3 Å². The van der Waals surface area contributed by atoms with E-state index in [0.717, 1.165) is 0 Å². The van der Waals surface area contributed by atoms with Crippen molar-refractivity contribution < 1.29 is 19.7 Å². The highest BCUT2D eigenvalue weighted by Crippen LogP contribution is 2.40. The number of phenols is 1. The Morgan fingerprint density at radius 2 is 2.00 bits per heavy atom. The lowest BCUT2D eigenvalue weighted by atomic mass is 10.1. The Kier molecular flexibility index (Phi) is 3.61. The van der Waals surface area contributed by atoms with Gasteiger partial charge in [0, 0.05) is 5.39 Å². The minimum atomic E-state index is -1.08. The first-order chi connectivity index (χ1) is 11.0. The molecule has 0 spiro atoms. The number of rotatable bonds is 3. The standard InChI is InChI=1S/C16H12ClNO5/c1-23-16-13(17)11(19)6-9-14(16)18(7-12(20)21)10-5-3-2-4-8(10)15(9)22/h2-6,19H,7H2,1H3,(H,20,21). The fraction of sp³-hybridized carbons (Fsp3) is 0.125. The van der Waals surface area contributed by atoms with Gasteiger partial charge in [0.1, 0.15) is 17.3 Å². The SMILES string of the molecule is COc1c(Cl)c(O)cc2c(=O)c3ccccc3n(CC(=O)O)c12. The van der Waals surface area contributed by atoms with Gasteiger partial charge in [-0.1, -0.05) is 23.7 Å². The van der Waals surface area contributed by atoms with Gasteiger partial charge in [0.2, 0.25) is 0 Å². The fourth-order valence-electron chi connectivity index (χ4n) is 2.70. The molecule has 0 atom stereocenters. The first-order valence-electron chi connectivity index (χ1n) is 6.68. The molecule has 0 radical (unpaired) electrons. The number of nitrogens with zero attached hydrogens (tertiary/aromatic N) is 1. The van der Waals surface area contributed by atoms with Gasteiger partial charge in [-0.05, 0) is 18.2 Å². The van der Waals surface area contributed by atoms with Crippen LogP contribution in [0.4, 0.5) is 0 Å². The molecule has 118 valence electrons. The van der Waals surface area contributed by atoms with Crippen molar-refractivity contribution in [1.82, 2.24) is 4.57 Å². The number of phenolic OH excluding ortho intramolecular Hbond substituents is 1. The van der Waals surface area contributed by atoms with Gasteiger partial charge in [0.15, 0.2) is 11.2 Å². The molecule has 1 aromatic heterocycles. The molecule has 0 amide bonds. The van der Waals surface area contributed by atoms with Crippen LogP contribution in [0.25, 0.3) is 21.8 Å². The van der Waals surface area contributed by atoms with Crippen molar-refractivity contribution in [2.75, 3.05) is 7.11 Å². The Bertz CT molecular complexity index is 1010. The molecule has 6 nitrogen and oxygen atoms in total. The number of carboxylic acid groups (broad SMARTS) is 1. The average Bonchev–Trinajstić information content (AvgIpc) is 2.53. The van der Waals surface area contributed by atoms with E-state index in [1.54, 1.807) is 24.3 Å². The highest BCUT2D eigenvalue weighted by atomic mass is 35.5. The zero-order valence-corrected chi connectivity index (χ0v) is 12.8. The van der Waals surface area contributed by atoms with Crippen LogP contribution in [0, 0.1) is 0 Å². The van der Waals surface area contributed by atoms with Gasteiger partial charge < -0.3 is 19.5 Å². The van der Waals surface area contributed by atoms with Crippen LogP contribution in [0.2, 0.25) is 5.02 Å². The van der Waals surface area contributed by atoms with Crippen LogP contribution in [0.15, 0.2) is 35.1 Å². The first-order valence-corrected chi connectivity index (χ1v) is 7.06. The number of aromatic hydroxyl groups is 1. The maximum Gasteiger partial charge on any atom is 0.323 e. The van der Waals surface area contributed by atoms with Crippen molar-refractivity contribution in [2.45, 2.75) is 6.54 Å². The predicted molar refractivity (Wildman–Crippen MR) is 86.6 cm³/mol. The topological polar surface area (TPSA) is 88.8 Å². The number of hydrogen-bond acceptors (Lipinski definition) is 4. The predicted octanol–water partition coefficient (Wildman–Crippen LogP) is 2.61. The maximum atomic E-state index is 12.7. The third kappa shape index (κ3) is 2.27. The summed E-state index contributed by atoms with van der Waals surface area (Å²) in [5, 5.41) is 19.6. The average molecular weight is 334 g/mol. The number of halogens is 1. The van der Waals surface area contributed by atoms with Gasteiger partial charge in [-0.25, -0.2) is 0 Å². The smallest absolute Gasteiger partial charge is 0.323 e. The Morgan fingerprint density at radius 3 is 2.65 bits per heavy atom. The summed E-state index contributed by atoms with van der Waals surface area (Å²) >= 11 is 6.05. The second kappa shape index (κ2) is 5.48. The maximum absolute atomic E-state index is 12.7. The lowest BCUT2D eigenvalue weighted by Gasteiger charge is -2.17. The number of para-hydroxylation sites is 1. The molecule has 0 bridgehead atoms. The molecule has 0 saturated heterocycles. The third-order valence-electron chi connectivity index (χ3n) is 3.63. The Morgan fingerprint density at radius 1 is 1.30 bits per heavy atom. The van der Waals surface area contributed by atoms with E-state index in [0.29, 0.717) is 10.9 Å². The Balaban J connectivity index is 2.65. The van der Waals surface area contributed by atoms with Crippen LogP contribution < -0.4 is 10.2 Å². The molecule has 2 N–H and O–H groups in total. The lowest BCUT2D eigenvalue weighted by Crippen LogP contribution is -2.16. The van der Waals surface area contributed by atoms with Crippen molar-refractivity contribution in [1.29, 1.82) is 0 Å². The first kappa shape index (κ1) is 15.2. The number of aliphatic carboxylic acids is 1. The molecule has 7 heteroatoms. The van der Waals surface area contributed by atoms with Gasteiger partial charge in [-0.3, -0.25) is 9.59 Å². The second-order valence-corrected chi connectivity index (χ2v) is 5.34. The number of hydrogen-bond donors (Lipinski definition) is 2. The highest BCUT2D eigenvalue weighted by Gasteiger charge is 2.20. The van der Waals surface area contributed by atoms with E-state index >= 15 is 0 Å². The molecule has 2 aromatic carbocycles. The van der Waals surface area contributed by atoms with E-state index in [9.17, 15) is 19.8 Å². The highest BCUT2D eigenvalue weighted by molar-refractivity contribution is 6.34. The molecule has 0 aliphatic rings. The van der Waals surface area contributed by atoms with E-state index in [2.05, 4.69) is 0 Å². The number of ether oxygens (including phenoxy) is 1. The van der Waals surface area contributed by atoms with Crippen molar-refractivity contribution >= 4 is 39.4 Å². The van der Waals surface area contributed by atoms with Crippen LogP contribution in [-0.4, -0.2) is 27.9 Å². The second-order valence-electron chi connectivity index (χ2n) is 4.97. The summed E-state index contributed by atoms with van der Waals surface area (Å²) in [6, 6.07) is 7.88. The number of benzene rings is 2. The molecule has 3 rings (SSSR count). The van der Waals surface area contributed by atoms with Crippen LogP contribution in [0.3, 0.4) is 0 Å². The number of fused-ring (bicyclic) bond motifs is 2. The molecule has 0 aliphatic heterocycles. The summed E-state index contributed by atoms with van der Waals surface area (Å²) in [5.41, 5.74) is 0.358. The molecule has 0 fully saturated rings. The summed E-state index contributed by atoms with van der Waals surface area (Å²) in [4.78, 5) is 24.0. The number of carbonyl (C=O) groups is 1. The Hall–Kier alpha value is -2.73. The fourth-order valence-corrected chi connectivity index (χ4v) is 2.93. The minimum Gasteiger partial charge on any atom is -0.506 e. The number of methoxy groups -OCH3 is 1. The molecule has 0 aliphatic carbocycles. The van der Waals surface area contributed by atoms with Crippen molar-refractivity contribution in [3.05, 3.63) is 45.6 Å². The molecule has 3 aromatic rings. The van der Waals surface area contributed by atoms with Gasteiger partial charge in [0.05, 0.1) is 23.5 Å². The normalized spacial score (nSPS) is 11.0. The van der Waals surface area contributed by atoms with Crippen LogP contribution in [-0.2, 0) is 11.3 Å². The van der Waals surface area contributed by atoms with E-state index in [-0.39, 0.29) is 39.4 Å². The van der Waals surface area contributed by atoms with Crippen molar-refractivity contribution in [3.8, 4) is 11.5 Å². The van der Waals surface area contributed by atoms with E-state index in [1.807, 2.05) is 0 Å². The molecule has 1 heterocycles. The summed E-state index contributed by atoms with van der Waals surface area (Å²) in [6.07, 6.45) is 0. The molecule has 0 saturated carbocycles. The summed E-state index contributed by atoms with van der Waals surface area (Å²) in [6.45, 7) is -0.380. The van der Waals surface area contributed by atoms with Crippen LogP contribution >= 0.6 is 11.6 Å². The largest absolute Gasteiger partial charge is 0.506 e. The zero-order chi connectivity index (χ0) is 16.7. The number of aromatic nitrogens is 1. The van der Waals surface area contributed by atoms with Gasteiger partial charge in [-0.2, -0.15) is 0 Å². The molecule has 23 heavy (non-hydrogen) atoms. The summed E-state index contributed by atoms with van der Waals surface area (Å²) < 4.78 is 6.66. The summed E-state index contributed by atoms with van der Waals surface area (Å²) in [5.74, 6) is -1.32. The monoisotopic (exact) mass is 333 g/mol. The zero-order valence-electron chi connectivity index (χ0n) is 12.0. The van der Waals surface area contributed by atoms with Gasteiger partial charge in [0.25, 0.3) is 0 Å². The lowest BCUT2D eigenvalue weighted by molar-refractivity contribution is -0.137.